The Morgan fingerprint density at radius 1 is 1.40 bits per heavy atom. The minimum Gasteiger partial charge on any atom is -0.493 e. The lowest BCUT2D eigenvalue weighted by atomic mass is 10.0. The molecule has 0 saturated carbocycles. The normalized spacial score (nSPS) is 9.73. The molecule has 2 nitrogen and oxygen atoms in total. The Labute approximate surface area is 90.6 Å². The molecule has 0 heterocycles. The van der Waals surface area contributed by atoms with Crippen molar-refractivity contribution in [1.29, 1.82) is 0 Å². The van der Waals surface area contributed by atoms with E-state index in [1.54, 1.807) is 6.07 Å². The van der Waals surface area contributed by atoms with Gasteiger partial charge in [-0.3, -0.25) is 4.79 Å². The van der Waals surface area contributed by atoms with Crippen molar-refractivity contribution >= 4 is 5.78 Å². The maximum atomic E-state index is 11.8. The third kappa shape index (κ3) is 3.24. The molecule has 0 unspecified atom stereocenters. The Morgan fingerprint density at radius 3 is 2.67 bits per heavy atom. The zero-order valence-electron chi connectivity index (χ0n) is 9.25. The number of ketones is 1. The highest BCUT2D eigenvalue weighted by Gasteiger charge is 2.11. The van der Waals surface area contributed by atoms with Gasteiger partial charge in [0, 0.05) is 6.42 Å². The van der Waals surface area contributed by atoms with Gasteiger partial charge in [-0.2, -0.15) is 0 Å². The molecule has 0 radical (unpaired) electrons. The van der Waals surface area contributed by atoms with E-state index in [9.17, 15) is 4.79 Å². The largest absolute Gasteiger partial charge is 0.493 e. The highest BCUT2D eigenvalue weighted by atomic mass is 16.5. The lowest BCUT2D eigenvalue weighted by Gasteiger charge is -2.08. The molecule has 0 aliphatic carbocycles. The fraction of sp³-hybridized carbons (Fsp3) is 0.308. The molecular formula is C13H16O2. The molecule has 0 amide bonds. The number of Topliss-reactive ketones (excluding diaryl/α,β-unsaturated/α-hetero) is 1. The van der Waals surface area contributed by atoms with E-state index < -0.39 is 0 Å². The van der Waals surface area contributed by atoms with Crippen LogP contribution in [0.3, 0.4) is 0 Å². The molecule has 0 N–H and O–H groups in total. The van der Waals surface area contributed by atoms with E-state index in [1.807, 2.05) is 32.0 Å². The van der Waals surface area contributed by atoms with Crippen LogP contribution in [0.4, 0.5) is 0 Å². The first-order valence-corrected chi connectivity index (χ1v) is 5.04. The van der Waals surface area contributed by atoms with E-state index in [0.717, 1.165) is 5.57 Å². The second kappa shape index (κ2) is 5.35. The molecule has 80 valence electrons. The standard InChI is InChI=1S/C13H16O2/c1-4-15-13-8-6-5-7-11(13)12(14)9-10(2)3/h5-8H,2,4,9H2,1,3H3. The quantitative estimate of drug-likeness (QED) is 0.543. The number of hydrogen-bond acceptors (Lipinski definition) is 2. The van der Waals surface area contributed by atoms with Crippen molar-refractivity contribution in [3.05, 3.63) is 42.0 Å². The molecule has 1 aromatic rings. The number of benzene rings is 1. The molecule has 1 aromatic carbocycles. The molecule has 0 bridgehead atoms. The summed E-state index contributed by atoms with van der Waals surface area (Å²) in [6, 6.07) is 7.31. The van der Waals surface area contributed by atoms with Crippen LogP contribution in [-0.2, 0) is 0 Å². The second-order valence-electron chi connectivity index (χ2n) is 3.49. The van der Waals surface area contributed by atoms with Crippen LogP contribution in [0.15, 0.2) is 36.4 Å². The molecule has 0 fully saturated rings. The first-order valence-electron chi connectivity index (χ1n) is 5.04. The van der Waals surface area contributed by atoms with Gasteiger partial charge in [0.15, 0.2) is 5.78 Å². The van der Waals surface area contributed by atoms with Gasteiger partial charge in [0.05, 0.1) is 12.2 Å². The first kappa shape index (κ1) is 11.5. The fourth-order valence-corrected chi connectivity index (χ4v) is 1.35. The van der Waals surface area contributed by atoms with Crippen molar-refractivity contribution in [2.75, 3.05) is 6.61 Å². The smallest absolute Gasteiger partial charge is 0.170 e. The van der Waals surface area contributed by atoms with E-state index in [0.29, 0.717) is 24.3 Å². The maximum Gasteiger partial charge on any atom is 0.170 e. The predicted octanol–water partition coefficient (Wildman–Crippen LogP) is 3.23. The number of carbonyl (C=O) groups excluding carboxylic acids is 1. The molecule has 0 aliphatic heterocycles. The van der Waals surface area contributed by atoms with E-state index in [4.69, 9.17) is 4.74 Å². The molecule has 15 heavy (non-hydrogen) atoms. The summed E-state index contributed by atoms with van der Waals surface area (Å²) in [6.07, 6.45) is 0.379. The van der Waals surface area contributed by atoms with Crippen LogP contribution < -0.4 is 4.74 Å². The van der Waals surface area contributed by atoms with Crippen molar-refractivity contribution in [3.63, 3.8) is 0 Å². The summed E-state index contributed by atoms with van der Waals surface area (Å²) in [5, 5.41) is 0. The van der Waals surface area contributed by atoms with Gasteiger partial charge >= 0.3 is 0 Å². The van der Waals surface area contributed by atoms with Gasteiger partial charge in [-0.05, 0) is 26.0 Å². The van der Waals surface area contributed by atoms with E-state index >= 15 is 0 Å². The van der Waals surface area contributed by atoms with E-state index in [1.165, 1.54) is 0 Å². The number of para-hydroxylation sites is 1. The van der Waals surface area contributed by atoms with Gasteiger partial charge < -0.3 is 4.74 Å². The van der Waals surface area contributed by atoms with Crippen molar-refractivity contribution in [2.45, 2.75) is 20.3 Å². The summed E-state index contributed by atoms with van der Waals surface area (Å²) < 4.78 is 5.39. The minimum atomic E-state index is 0.0616. The van der Waals surface area contributed by atoms with Crippen LogP contribution in [0.2, 0.25) is 0 Å². The van der Waals surface area contributed by atoms with E-state index in [2.05, 4.69) is 6.58 Å². The van der Waals surface area contributed by atoms with Gasteiger partial charge in [0.1, 0.15) is 5.75 Å². The fourth-order valence-electron chi connectivity index (χ4n) is 1.35. The zero-order valence-corrected chi connectivity index (χ0v) is 9.25. The number of ether oxygens (including phenoxy) is 1. The van der Waals surface area contributed by atoms with Crippen molar-refractivity contribution in [2.24, 2.45) is 0 Å². The SMILES string of the molecule is C=C(C)CC(=O)c1ccccc1OCC. The Hall–Kier alpha value is -1.57. The van der Waals surface area contributed by atoms with Gasteiger partial charge in [0.2, 0.25) is 0 Å². The van der Waals surface area contributed by atoms with Gasteiger partial charge in [0.25, 0.3) is 0 Å². The molecular weight excluding hydrogens is 188 g/mol. The summed E-state index contributed by atoms with van der Waals surface area (Å²) in [7, 11) is 0. The average molecular weight is 204 g/mol. The number of allylic oxidation sites excluding steroid dienone is 1. The van der Waals surface area contributed by atoms with Gasteiger partial charge in [-0.15, -0.1) is 0 Å². The molecule has 1 rings (SSSR count). The third-order valence-corrected chi connectivity index (χ3v) is 1.95. The summed E-state index contributed by atoms with van der Waals surface area (Å²) in [5.41, 5.74) is 1.51. The molecule has 0 aliphatic rings. The first-order chi connectivity index (χ1) is 7.15. The number of rotatable bonds is 5. The van der Waals surface area contributed by atoms with Crippen LogP contribution in [0.5, 0.6) is 5.75 Å². The topological polar surface area (TPSA) is 26.3 Å². The summed E-state index contributed by atoms with van der Waals surface area (Å²) in [6.45, 7) is 8.05. The summed E-state index contributed by atoms with van der Waals surface area (Å²) >= 11 is 0. The third-order valence-electron chi connectivity index (χ3n) is 1.95. The van der Waals surface area contributed by atoms with Crippen LogP contribution in [0, 0.1) is 0 Å². The monoisotopic (exact) mass is 204 g/mol. The second-order valence-corrected chi connectivity index (χ2v) is 3.49. The Balaban J connectivity index is 2.91. The van der Waals surface area contributed by atoms with Crippen LogP contribution >= 0.6 is 0 Å². The predicted molar refractivity (Wildman–Crippen MR) is 61.4 cm³/mol. The van der Waals surface area contributed by atoms with E-state index in [-0.39, 0.29) is 5.78 Å². The average Bonchev–Trinajstić information content (AvgIpc) is 2.18. The van der Waals surface area contributed by atoms with Gasteiger partial charge in [-0.1, -0.05) is 24.3 Å². The molecule has 0 saturated heterocycles. The summed E-state index contributed by atoms with van der Waals surface area (Å²) in [4.78, 5) is 11.8. The highest BCUT2D eigenvalue weighted by molar-refractivity contribution is 5.99. The zero-order chi connectivity index (χ0) is 11.3. The number of hydrogen-bond donors (Lipinski definition) is 0. The Morgan fingerprint density at radius 2 is 2.07 bits per heavy atom. The maximum absolute atomic E-state index is 11.8. The Bertz CT molecular complexity index is 367. The molecule has 2 heteroatoms. The Kier molecular flexibility index (Phi) is 4.10. The number of carbonyl (C=O) groups is 1. The summed E-state index contributed by atoms with van der Waals surface area (Å²) in [5.74, 6) is 0.720. The van der Waals surface area contributed by atoms with Crippen LogP contribution in [0.25, 0.3) is 0 Å². The molecule has 0 spiro atoms. The van der Waals surface area contributed by atoms with Gasteiger partial charge in [-0.25, -0.2) is 0 Å². The van der Waals surface area contributed by atoms with Crippen molar-refractivity contribution < 1.29 is 9.53 Å². The highest BCUT2D eigenvalue weighted by Crippen LogP contribution is 2.20. The van der Waals surface area contributed by atoms with Crippen LogP contribution in [0.1, 0.15) is 30.6 Å². The van der Waals surface area contributed by atoms with Crippen LogP contribution in [-0.4, -0.2) is 12.4 Å². The molecule has 0 aromatic heterocycles. The molecule has 0 atom stereocenters. The lowest BCUT2D eigenvalue weighted by Crippen LogP contribution is -2.03. The minimum absolute atomic E-state index is 0.0616. The van der Waals surface area contributed by atoms with Crippen molar-refractivity contribution in [3.8, 4) is 5.75 Å². The van der Waals surface area contributed by atoms with Crippen molar-refractivity contribution in [1.82, 2.24) is 0 Å². The lowest BCUT2D eigenvalue weighted by molar-refractivity contribution is 0.0989.